The Kier molecular flexibility index (Phi) is 4.61. The van der Waals surface area contributed by atoms with Gasteiger partial charge < -0.3 is 9.64 Å². The molecule has 0 N–H and O–H groups in total. The third-order valence-electron chi connectivity index (χ3n) is 5.87. The fraction of sp³-hybridized carbons (Fsp3) is 0.765. The maximum absolute atomic E-state index is 13.3. The largest absolute Gasteiger partial charge is 0.380 e. The first-order valence-electron chi connectivity index (χ1n) is 9.02. The van der Waals surface area contributed by atoms with Crippen molar-refractivity contribution in [2.75, 3.05) is 50.9 Å². The first-order valence-corrected chi connectivity index (χ1v) is 11.7. The van der Waals surface area contributed by atoms with Crippen LogP contribution in [0.15, 0.2) is 0 Å². The van der Waals surface area contributed by atoms with Gasteiger partial charge in [-0.25, -0.2) is 13.4 Å². The monoisotopic (exact) mass is 399 g/mol. The van der Waals surface area contributed by atoms with Gasteiger partial charge in [-0.15, -0.1) is 11.3 Å². The summed E-state index contributed by atoms with van der Waals surface area (Å²) in [6, 6.07) is 0. The number of aromatic nitrogens is 1. The molecule has 3 aliphatic heterocycles. The summed E-state index contributed by atoms with van der Waals surface area (Å²) < 4.78 is 29.1. The van der Waals surface area contributed by atoms with Crippen molar-refractivity contribution in [3.8, 4) is 0 Å². The van der Waals surface area contributed by atoms with Crippen molar-refractivity contribution < 1.29 is 17.9 Å². The van der Waals surface area contributed by atoms with Crippen LogP contribution in [-0.4, -0.2) is 80.0 Å². The lowest BCUT2D eigenvalue weighted by molar-refractivity contribution is -0.142. The number of hydrogen-bond donors (Lipinski definition) is 0. The van der Waals surface area contributed by atoms with Crippen LogP contribution in [0.25, 0.3) is 0 Å². The summed E-state index contributed by atoms with van der Waals surface area (Å²) in [5.41, 5.74) is 0.553. The summed E-state index contributed by atoms with van der Waals surface area (Å²) in [5.74, 6) is 0.407. The van der Waals surface area contributed by atoms with Gasteiger partial charge in [0.1, 0.15) is 0 Å². The highest BCUT2D eigenvalue weighted by atomic mass is 32.2. The van der Waals surface area contributed by atoms with Gasteiger partial charge in [0.15, 0.2) is 9.84 Å². The zero-order chi connectivity index (χ0) is 18.5. The van der Waals surface area contributed by atoms with E-state index in [1.807, 2.05) is 13.8 Å². The van der Waals surface area contributed by atoms with E-state index >= 15 is 0 Å². The molecular formula is C17H25N3O4S2. The molecule has 1 aromatic rings. The number of nitrogens with zero attached hydrogens (tertiary/aromatic N) is 3. The maximum Gasteiger partial charge on any atom is 0.232 e. The number of carbonyl (C=O) groups excluding carboxylic acids is 1. The van der Waals surface area contributed by atoms with Gasteiger partial charge >= 0.3 is 0 Å². The number of amides is 1. The number of hydrogen-bond acceptors (Lipinski definition) is 7. The van der Waals surface area contributed by atoms with Crippen LogP contribution < -0.4 is 0 Å². The molecule has 0 saturated carbocycles. The second kappa shape index (κ2) is 6.54. The molecule has 0 radical (unpaired) electrons. The third kappa shape index (κ3) is 3.19. The fourth-order valence-corrected chi connectivity index (χ4v) is 6.60. The third-order valence-corrected chi connectivity index (χ3v) is 8.54. The molecule has 9 heteroatoms. The molecule has 0 bridgehead atoms. The average Bonchev–Trinajstić information content (AvgIpc) is 3.20. The van der Waals surface area contributed by atoms with E-state index in [9.17, 15) is 13.2 Å². The molecule has 4 rings (SSSR count). The standard InChI is InChI=1S/C17H25N3O4S2/c1-12-15(25-13(2)18-12)8-19-7-14-9-24-11-17(14,10-19)16(21)20-3-5-26(22,23)6-4-20/h14H,3-11H2,1-2H3/t14-,17-/m1/s1. The van der Waals surface area contributed by atoms with Gasteiger partial charge in [0.25, 0.3) is 0 Å². The molecule has 0 aliphatic carbocycles. The van der Waals surface area contributed by atoms with E-state index in [1.165, 1.54) is 4.88 Å². The second-order valence-corrected chi connectivity index (χ2v) is 11.3. The van der Waals surface area contributed by atoms with E-state index in [1.54, 1.807) is 16.2 Å². The van der Waals surface area contributed by atoms with Crippen LogP contribution in [0, 0.1) is 25.2 Å². The van der Waals surface area contributed by atoms with Crippen molar-refractivity contribution in [1.29, 1.82) is 0 Å². The SMILES string of the molecule is Cc1nc(C)c(CN2C[C@@H]3COC[C@]3(C(=O)N3CCS(=O)(=O)CC3)C2)s1. The first-order chi connectivity index (χ1) is 12.3. The summed E-state index contributed by atoms with van der Waals surface area (Å²) in [7, 11) is -2.99. The Morgan fingerprint density at radius 1 is 1.35 bits per heavy atom. The van der Waals surface area contributed by atoms with Crippen molar-refractivity contribution in [3.05, 3.63) is 15.6 Å². The Labute approximate surface area is 158 Å². The highest BCUT2D eigenvalue weighted by Gasteiger charge is 2.57. The van der Waals surface area contributed by atoms with Crippen LogP contribution in [-0.2, 0) is 25.9 Å². The average molecular weight is 400 g/mol. The lowest BCUT2D eigenvalue weighted by atomic mass is 9.79. The van der Waals surface area contributed by atoms with Gasteiger partial charge in [0, 0.05) is 43.5 Å². The van der Waals surface area contributed by atoms with Crippen molar-refractivity contribution in [2.45, 2.75) is 20.4 Å². The van der Waals surface area contributed by atoms with E-state index in [2.05, 4.69) is 9.88 Å². The Morgan fingerprint density at radius 3 is 2.73 bits per heavy atom. The molecule has 144 valence electrons. The van der Waals surface area contributed by atoms with Gasteiger partial charge in [-0.05, 0) is 13.8 Å². The maximum atomic E-state index is 13.3. The summed E-state index contributed by atoms with van der Waals surface area (Å²) in [4.78, 5) is 23.1. The number of aryl methyl sites for hydroxylation is 2. The second-order valence-electron chi connectivity index (χ2n) is 7.72. The quantitative estimate of drug-likeness (QED) is 0.735. The molecule has 0 spiro atoms. The molecule has 3 fully saturated rings. The van der Waals surface area contributed by atoms with E-state index < -0.39 is 15.3 Å². The Bertz CT molecular complexity index is 808. The molecule has 26 heavy (non-hydrogen) atoms. The molecule has 1 aromatic heterocycles. The highest BCUT2D eigenvalue weighted by Crippen LogP contribution is 2.43. The lowest BCUT2D eigenvalue weighted by Crippen LogP contribution is -2.53. The summed E-state index contributed by atoms with van der Waals surface area (Å²) in [6.45, 7) is 8.05. The first kappa shape index (κ1) is 18.3. The Balaban J connectivity index is 1.49. The van der Waals surface area contributed by atoms with E-state index in [0.29, 0.717) is 32.8 Å². The lowest BCUT2D eigenvalue weighted by Gasteiger charge is -2.35. The molecule has 0 aromatic carbocycles. The number of fused-ring (bicyclic) bond motifs is 1. The van der Waals surface area contributed by atoms with E-state index in [0.717, 1.165) is 23.8 Å². The molecular weight excluding hydrogens is 374 g/mol. The highest BCUT2D eigenvalue weighted by molar-refractivity contribution is 7.91. The normalized spacial score (nSPS) is 31.3. The molecule has 7 nitrogen and oxygen atoms in total. The van der Waals surface area contributed by atoms with Gasteiger partial charge in [-0.3, -0.25) is 9.69 Å². The molecule has 2 atom stereocenters. The summed E-state index contributed by atoms with van der Waals surface area (Å²) in [6.07, 6.45) is 0. The van der Waals surface area contributed by atoms with Crippen LogP contribution in [0.2, 0.25) is 0 Å². The Hall–Kier alpha value is -1.03. The zero-order valence-electron chi connectivity index (χ0n) is 15.2. The number of thiazole rings is 1. The number of rotatable bonds is 3. The molecule has 0 unspecified atom stereocenters. The minimum Gasteiger partial charge on any atom is -0.380 e. The zero-order valence-corrected chi connectivity index (χ0v) is 16.9. The van der Waals surface area contributed by atoms with Crippen molar-refractivity contribution in [2.24, 2.45) is 11.3 Å². The van der Waals surface area contributed by atoms with Crippen LogP contribution in [0.1, 0.15) is 15.6 Å². The van der Waals surface area contributed by atoms with Gasteiger partial charge in [-0.2, -0.15) is 0 Å². The van der Waals surface area contributed by atoms with Crippen molar-refractivity contribution in [3.63, 3.8) is 0 Å². The fourth-order valence-electron chi connectivity index (χ4n) is 4.42. The molecule has 1 amide bonds. The van der Waals surface area contributed by atoms with Gasteiger partial charge in [0.05, 0.1) is 40.8 Å². The molecule has 3 aliphatic rings. The van der Waals surface area contributed by atoms with Crippen molar-refractivity contribution >= 4 is 27.1 Å². The minimum atomic E-state index is -2.99. The van der Waals surface area contributed by atoms with E-state index in [-0.39, 0.29) is 23.3 Å². The van der Waals surface area contributed by atoms with Crippen molar-refractivity contribution in [1.82, 2.24) is 14.8 Å². The number of carbonyl (C=O) groups is 1. The van der Waals surface area contributed by atoms with Crippen LogP contribution in [0.4, 0.5) is 0 Å². The topological polar surface area (TPSA) is 79.8 Å². The Morgan fingerprint density at radius 2 is 2.08 bits per heavy atom. The van der Waals surface area contributed by atoms with Crippen LogP contribution >= 0.6 is 11.3 Å². The number of likely N-dealkylation sites (tertiary alicyclic amines) is 1. The van der Waals surface area contributed by atoms with Gasteiger partial charge in [-0.1, -0.05) is 0 Å². The van der Waals surface area contributed by atoms with Crippen LogP contribution in [0.3, 0.4) is 0 Å². The predicted octanol–water partition coefficient (Wildman–Crippen LogP) is 0.465. The van der Waals surface area contributed by atoms with E-state index in [4.69, 9.17) is 4.74 Å². The molecule has 3 saturated heterocycles. The molecule has 4 heterocycles. The minimum absolute atomic E-state index is 0.0728. The van der Waals surface area contributed by atoms with Gasteiger partial charge in [0.2, 0.25) is 5.91 Å². The van der Waals surface area contributed by atoms with Crippen LogP contribution in [0.5, 0.6) is 0 Å². The smallest absolute Gasteiger partial charge is 0.232 e. The predicted molar refractivity (Wildman–Crippen MR) is 98.8 cm³/mol. The number of sulfone groups is 1. The number of ether oxygens (including phenoxy) is 1. The summed E-state index contributed by atoms with van der Waals surface area (Å²) >= 11 is 1.72. The summed E-state index contributed by atoms with van der Waals surface area (Å²) in [5, 5.41) is 1.07.